The van der Waals surface area contributed by atoms with Gasteiger partial charge in [-0.2, -0.15) is 0 Å². The highest BCUT2D eigenvalue weighted by Gasteiger charge is 2.33. The first-order chi connectivity index (χ1) is 9.99. The topological polar surface area (TPSA) is 75.6 Å². The highest BCUT2D eigenvalue weighted by Crippen LogP contribution is 2.30. The van der Waals surface area contributed by atoms with Crippen LogP contribution in [0.3, 0.4) is 0 Å². The summed E-state index contributed by atoms with van der Waals surface area (Å²) in [6, 6.07) is 0. The Morgan fingerprint density at radius 3 is 2.33 bits per heavy atom. The number of ether oxygens (including phenoxy) is 1. The van der Waals surface area contributed by atoms with Crippen LogP contribution < -0.4 is 5.32 Å². The summed E-state index contributed by atoms with van der Waals surface area (Å²) in [5, 5.41) is 12.0. The van der Waals surface area contributed by atoms with Gasteiger partial charge in [-0.05, 0) is 38.0 Å². The van der Waals surface area contributed by atoms with Gasteiger partial charge >= 0.3 is 5.97 Å². The zero-order valence-electron chi connectivity index (χ0n) is 13.0. The molecule has 0 aromatic heterocycles. The maximum absolute atomic E-state index is 12.2. The van der Waals surface area contributed by atoms with E-state index in [1.165, 1.54) is 0 Å². The van der Waals surface area contributed by atoms with Crippen LogP contribution in [0.25, 0.3) is 0 Å². The van der Waals surface area contributed by atoms with Crippen molar-refractivity contribution in [3.8, 4) is 0 Å². The summed E-state index contributed by atoms with van der Waals surface area (Å²) in [5.41, 5.74) is 0. The number of carboxylic acids is 1. The summed E-state index contributed by atoms with van der Waals surface area (Å²) < 4.78 is 5.73. The maximum atomic E-state index is 12.2. The van der Waals surface area contributed by atoms with E-state index in [2.05, 4.69) is 19.2 Å². The molecule has 5 heteroatoms. The summed E-state index contributed by atoms with van der Waals surface area (Å²) in [4.78, 5) is 23.1. The Hall–Kier alpha value is -1.10. The van der Waals surface area contributed by atoms with Crippen molar-refractivity contribution < 1.29 is 19.4 Å². The number of hydrogen-bond acceptors (Lipinski definition) is 3. The molecule has 1 aliphatic heterocycles. The number of carbonyl (C=O) groups excluding carboxylic acids is 1. The van der Waals surface area contributed by atoms with E-state index in [-0.39, 0.29) is 23.8 Å². The molecule has 0 bridgehead atoms. The quantitative estimate of drug-likeness (QED) is 0.814. The molecule has 1 aliphatic carbocycles. The summed E-state index contributed by atoms with van der Waals surface area (Å²) in [7, 11) is 0. The molecule has 0 aromatic rings. The summed E-state index contributed by atoms with van der Waals surface area (Å²) in [6.45, 7) is 5.77. The fourth-order valence-corrected chi connectivity index (χ4v) is 3.59. The van der Waals surface area contributed by atoms with Gasteiger partial charge in [-0.3, -0.25) is 9.59 Å². The molecule has 2 rings (SSSR count). The normalized spacial score (nSPS) is 33.1. The predicted octanol–water partition coefficient (Wildman–Crippen LogP) is 2.05. The molecule has 1 heterocycles. The zero-order valence-corrected chi connectivity index (χ0v) is 13.0. The molecule has 2 N–H and O–H groups in total. The van der Waals surface area contributed by atoms with Gasteiger partial charge in [0.15, 0.2) is 0 Å². The molecule has 120 valence electrons. The minimum absolute atomic E-state index is 0.0135. The third kappa shape index (κ3) is 4.19. The van der Waals surface area contributed by atoms with E-state index >= 15 is 0 Å². The highest BCUT2D eigenvalue weighted by atomic mass is 16.5. The van der Waals surface area contributed by atoms with Gasteiger partial charge in [-0.15, -0.1) is 0 Å². The van der Waals surface area contributed by atoms with E-state index in [0.717, 1.165) is 13.0 Å². The molecule has 1 amide bonds. The van der Waals surface area contributed by atoms with Gasteiger partial charge in [0.1, 0.15) is 0 Å². The number of carbonyl (C=O) groups is 2. The second-order valence-electron chi connectivity index (χ2n) is 6.76. The van der Waals surface area contributed by atoms with Gasteiger partial charge in [0.25, 0.3) is 0 Å². The van der Waals surface area contributed by atoms with Crippen LogP contribution in [0.1, 0.15) is 46.0 Å². The summed E-state index contributed by atoms with van der Waals surface area (Å²) in [6.07, 6.45) is 3.88. The first-order valence-electron chi connectivity index (χ1n) is 8.11. The monoisotopic (exact) mass is 297 g/mol. The van der Waals surface area contributed by atoms with Crippen molar-refractivity contribution in [1.82, 2.24) is 5.32 Å². The standard InChI is InChI=1S/C16H27NO4/c1-10(2)14-13(7-8-21-14)9-17-15(18)11-3-5-12(6-4-11)16(19)20/h10-14H,3-9H2,1-2H3,(H,17,18)(H,19,20). The van der Waals surface area contributed by atoms with E-state index < -0.39 is 5.97 Å². The minimum Gasteiger partial charge on any atom is -0.481 e. The van der Waals surface area contributed by atoms with Gasteiger partial charge in [-0.25, -0.2) is 0 Å². The Morgan fingerprint density at radius 1 is 1.14 bits per heavy atom. The van der Waals surface area contributed by atoms with Crippen LogP contribution in [-0.2, 0) is 14.3 Å². The molecule has 1 saturated heterocycles. The van der Waals surface area contributed by atoms with Crippen LogP contribution in [0, 0.1) is 23.7 Å². The Labute approximate surface area is 126 Å². The minimum atomic E-state index is -0.725. The molecule has 5 nitrogen and oxygen atoms in total. The number of rotatable bonds is 5. The van der Waals surface area contributed by atoms with Crippen LogP contribution >= 0.6 is 0 Å². The van der Waals surface area contributed by atoms with Crippen LogP contribution in [0.15, 0.2) is 0 Å². The van der Waals surface area contributed by atoms with Crippen molar-refractivity contribution in [1.29, 1.82) is 0 Å². The maximum Gasteiger partial charge on any atom is 0.306 e. The molecule has 0 aromatic carbocycles. The number of nitrogens with one attached hydrogen (secondary N) is 1. The molecule has 2 unspecified atom stereocenters. The molecule has 21 heavy (non-hydrogen) atoms. The van der Waals surface area contributed by atoms with Crippen LogP contribution in [0.4, 0.5) is 0 Å². The van der Waals surface area contributed by atoms with E-state index in [1.807, 2.05) is 0 Å². The Kier molecular flexibility index (Phi) is 5.62. The van der Waals surface area contributed by atoms with Gasteiger partial charge in [0.05, 0.1) is 12.0 Å². The lowest BCUT2D eigenvalue weighted by Crippen LogP contribution is -2.39. The summed E-state index contributed by atoms with van der Waals surface area (Å²) in [5.74, 6) is -0.0299. The largest absolute Gasteiger partial charge is 0.481 e. The fraction of sp³-hybridized carbons (Fsp3) is 0.875. The molecule has 2 fully saturated rings. The molecule has 0 radical (unpaired) electrons. The lowest BCUT2D eigenvalue weighted by atomic mass is 9.81. The average molecular weight is 297 g/mol. The van der Waals surface area contributed by atoms with E-state index in [4.69, 9.17) is 9.84 Å². The van der Waals surface area contributed by atoms with E-state index in [1.54, 1.807) is 0 Å². The van der Waals surface area contributed by atoms with Gasteiger partial charge in [0.2, 0.25) is 5.91 Å². The van der Waals surface area contributed by atoms with Crippen molar-refractivity contribution in [2.75, 3.05) is 13.2 Å². The lowest BCUT2D eigenvalue weighted by Gasteiger charge is -2.27. The van der Waals surface area contributed by atoms with Crippen molar-refractivity contribution >= 4 is 11.9 Å². The molecule has 1 saturated carbocycles. The number of aliphatic carboxylic acids is 1. The Balaban J connectivity index is 1.74. The van der Waals surface area contributed by atoms with Crippen molar-refractivity contribution in [3.63, 3.8) is 0 Å². The smallest absolute Gasteiger partial charge is 0.306 e. The number of amides is 1. The lowest BCUT2D eigenvalue weighted by molar-refractivity contribution is -0.144. The average Bonchev–Trinajstić information content (AvgIpc) is 2.93. The molecule has 2 aliphatic rings. The fourth-order valence-electron chi connectivity index (χ4n) is 3.59. The molecule has 2 atom stereocenters. The third-order valence-electron chi connectivity index (χ3n) is 4.91. The Morgan fingerprint density at radius 2 is 1.76 bits per heavy atom. The number of carboxylic acid groups (broad SMARTS) is 1. The Bertz CT molecular complexity index is 374. The first kappa shape index (κ1) is 16.3. The second-order valence-corrected chi connectivity index (χ2v) is 6.76. The SMILES string of the molecule is CC(C)C1OCCC1CNC(=O)C1CCC(C(=O)O)CC1. The van der Waals surface area contributed by atoms with Crippen molar-refractivity contribution in [3.05, 3.63) is 0 Å². The van der Waals surface area contributed by atoms with E-state index in [0.29, 0.717) is 44.1 Å². The molecule has 0 spiro atoms. The van der Waals surface area contributed by atoms with Crippen LogP contribution in [0.2, 0.25) is 0 Å². The zero-order chi connectivity index (χ0) is 15.4. The van der Waals surface area contributed by atoms with Crippen LogP contribution in [0.5, 0.6) is 0 Å². The molecular formula is C16H27NO4. The van der Waals surface area contributed by atoms with Gasteiger partial charge in [-0.1, -0.05) is 13.8 Å². The van der Waals surface area contributed by atoms with Crippen molar-refractivity contribution in [2.24, 2.45) is 23.7 Å². The first-order valence-corrected chi connectivity index (χ1v) is 8.11. The summed E-state index contributed by atoms with van der Waals surface area (Å²) >= 11 is 0. The van der Waals surface area contributed by atoms with Crippen molar-refractivity contribution in [2.45, 2.75) is 52.1 Å². The highest BCUT2D eigenvalue weighted by molar-refractivity contribution is 5.79. The number of hydrogen-bond donors (Lipinski definition) is 2. The predicted molar refractivity (Wildman–Crippen MR) is 78.8 cm³/mol. The third-order valence-corrected chi connectivity index (χ3v) is 4.91. The second kappa shape index (κ2) is 7.25. The van der Waals surface area contributed by atoms with E-state index in [9.17, 15) is 9.59 Å². The van der Waals surface area contributed by atoms with Gasteiger partial charge < -0.3 is 15.2 Å². The molecular weight excluding hydrogens is 270 g/mol. The van der Waals surface area contributed by atoms with Gasteiger partial charge in [0, 0.05) is 25.0 Å². The van der Waals surface area contributed by atoms with Crippen LogP contribution in [-0.4, -0.2) is 36.2 Å².